The molecular weight excluding hydrogens is 202 g/mol. The van der Waals surface area contributed by atoms with Gasteiger partial charge in [-0.3, -0.25) is 0 Å². The van der Waals surface area contributed by atoms with Crippen molar-refractivity contribution in [2.24, 2.45) is 0 Å². The van der Waals surface area contributed by atoms with Gasteiger partial charge in [-0.1, -0.05) is 0 Å². The van der Waals surface area contributed by atoms with Gasteiger partial charge >= 0.3 is 0 Å². The van der Waals surface area contributed by atoms with Crippen LogP contribution >= 0.6 is 0 Å². The molecular formula is C5H11NO4S2. The normalized spacial score (nSPS) is 23.4. The predicted molar refractivity (Wildman–Crippen MR) is 45.0 cm³/mol. The molecule has 1 aliphatic heterocycles. The molecule has 12 heavy (non-hydrogen) atoms. The van der Waals surface area contributed by atoms with Crippen molar-refractivity contribution in [2.45, 2.75) is 13.0 Å². The highest BCUT2D eigenvalue weighted by Crippen LogP contribution is 2.10. The van der Waals surface area contributed by atoms with E-state index in [2.05, 4.69) is 4.72 Å². The molecule has 0 bridgehead atoms. The highest BCUT2D eigenvalue weighted by Gasteiger charge is 2.35. The zero-order valence-electron chi connectivity index (χ0n) is 6.65. The molecule has 0 unspecified atom stereocenters. The monoisotopic (exact) mass is 213 g/mol. The van der Waals surface area contributed by atoms with Crippen LogP contribution in [-0.4, -0.2) is 40.1 Å². The van der Waals surface area contributed by atoms with Crippen LogP contribution in [0.5, 0.6) is 0 Å². The highest BCUT2D eigenvalue weighted by molar-refractivity contribution is 7.93. The fourth-order valence-corrected chi connectivity index (χ4v) is 3.32. The van der Waals surface area contributed by atoms with Gasteiger partial charge in [-0.25, -0.2) is 21.6 Å². The van der Waals surface area contributed by atoms with Crippen LogP contribution in [0.15, 0.2) is 0 Å². The Balaban J connectivity index is 2.48. The molecule has 0 aromatic carbocycles. The minimum Gasteiger partial charge on any atom is -0.229 e. The Morgan fingerprint density at radius 2 is 1.92 bits per heavy atom. The van der Waals surface area contributed by atoms with E-state index in [0.29, 0.717) is 0 Å². The third kappa shape index (κ3) is 2.43. The van der Waals surface area contributed by atoms with Crippen molar-refractivity contribution in [2.75, 3.05) is 17.3 Å². The van der Waals surface area contributed by atoms with Gasteiger partial charge in [0, 0.05) is 6.04 Å². The minimum atomic E-state index is -3.24. The second kappa shape index (κ2) is 2.97. The van der Waals surface area contributed by atoms with E-state index in [0.717, 1.165) is 0 Å². The highest BCUT2D eigenvalue weighted by atomic mass is 32.2. The average Bonchev–Trinajstić information content (AvgIpc) is 1.83. The third-order valence-electron chi connectivity index (χ3n) is 1.64. The van der Waals surface area contributed by atoms with Crippen LogP contribution in [0.3, 0.4) is 0 Å². The first kappa shape index (κ1) is 9.94. The molecule has 72 valence electrons. The Labute approximate surface area is 72.1 Å². The summed E-state index contributed by atoms with van der Waals surface area (Å²) in [5, 5.41) is 0. The van der Waals surface area contributed by atoms with Crippen molar-refractivity contribution in [1.82, 2.24) is 4.72 Å². The maximum Gasteiger partial charge on any atom is 0.211 e. The van der Waals surface area contributed by atoms with Gasteiger partial charge in [-0.15, -0.1) is 0 Å². The molecule has 0 aliphatic carbocycles. The molecule has 1 fully saturated rings. The summed E-state index contributed by atoms with van der Waals surface area (Å²) < 4.78 is 45.4. The maximum atomic E-state index is 10.9. The topological polar surface area (TPSA) is 80.3 Å². The molecule has 1 rings (SSSR count). The van der Waals surface area contributed by atoms with Gasteiger partial charge < -0.3 is 0 Å². The van der Waals surface area contributed by atoms with Crippen LogP contribution in [0, 0.1) is 0 Å². The van der Waals surface area contributed by atoms with Crippen LogP contribution in [-0.2, 0) is 19.9 Å². The molecule has 0 radical (unpaired) electrons. The molecule has 1 saturated heterocycles. The van der Waals surface area contributed by atoms with Crippen molar-refractivity contribution < 1.29 is 16.8 Å². The fraction of sp³-hybridized carbons (Fsp3) is 1.00. The Hall–Kier alpha value is -0.140. The number of nitrogens with one attached hydrogen (secondary N) is 1. The summed E-state index contributed by atoms with van der Waals surface area (Å²) in [6, 6.07) is -0.403. The van der Waals surface area contributed by atoms with Gasteiger partial charge in [0.25, 0.3) is 0 Å². The molecule has 5 nitrogen and oxygen atoms in total. The van der Waals surface area contributed by atoms with E-state index in [-0.39, 0.29) is 17.3 Å². The average molecular weight is 213 g/mol. The zero-order valence-corrected chi connectivity index (χ0v) is 8.28. The molecule has 0 atom stereocenters. The molecule has 0 amide bonds. The van der Waals surface area contributed by atoms with Gasteiger partial charge in [-0.2, -0.15) is 0 Å². The number of rotatable bonds is 3. The first-order valence-electron chi connectivity index (χ1n) is 3.55. The van der Waals surface area contributed by atoms with Crippen LogP contribution in [0.2, 0.25) is 0 Å². The van der Waals surface area contributed by atoms with Crippen LogP contribution in [0.4, 0.5) is 0 Å². The standard InChI is InChI=1S/C5H11NO4S2/c1-2-12(9,10)6-5-3-11(7,8)4-5/h5-6H,2-4H2,1H3. The Kier molecular flexibility index (Phi) is 2.46. The fourth-order valence-electron chi connectivity index (χ4n) is 0.970. The molecule has 7 heteroatoms. The minimum absolute atomic E-state index is 0.0104. The van der Waals surface area contributed by atoms with E-state index >= 15 is 0 Å². The van der Waals surface area contributed by atoms with Crippen molar-refractivity contribution >= 4 is 19.9 Å². The van der Waals surface area contributed by atoms with Gasteiger partial charge in [0.1, 0.15) is 0 Å². The SMILES string of the molecule is CCS(=O)(=O)NC1CS(=O)(=O)C1. The summed E-state index contributed by atoms with van der Waals surface area (Å²) in [6.07, 6.45) is 0. The number of sulfonamides is 1. The molecule has 1 aliphatic rings. The van der Waals surface area contributed by atoms with E-state index in [1.54, 1.807) is 0 Å². The van der Waals surface area contributed by atoms with Crippen LogP contribution in [0.1, 0.15) is 6.92 Å². The first-order chi connectivity index (χ1) is 5.35. The van der Waals surface area contributed by atoms with Crippen molar-refractivity contribution in [3.63, 3.8) is 0 Å². The molecule has 1 heterocycles. The smallest absolute Gasteiger partial charge is 0.211 e. The molecule has 0 spiro atoms. The molecule has 0 saturated carbocycles. The van der Waals surface area contributed by atoms with Gasteiger partial charge in [0.15, 0.2) is 9.84 Å². The largest absolute Gasteiger partial charge is 0.229 e. The van der Waals surface area contributed by atoms with E-state index in [1.807, 2.05) is 0 Å². The quantitative estimate of drug-likeness (QED) is 0.633. The van der Waals surface area contributed by atoms with Crippen molar-refractivity contribution in [1.29, 1.82) is 0 Å². The summed E-state index contributed by atoms with van der Waals surface area (Å²) in [5.74, 6) is -0.137. The van der Waals surface area contributed by atoms with E-state index < -0.39 is 25.9 Å². The lowest BCUT2D eigenvalue weighted by Crippen LogP contribution is -2.53. The molecule has 0 aromatic heterocycles. The lowest BCUT2D eigenvalue weighted by molar-refractivity contribution is 0.537. The number of hydrogen-bond donors (Lipinski definition) is 1. The summed E-state index contributed by atoms with van der Waals surface area (Å²) in [7, 11) is -6.18. The molecule has 0 aromatic rings. The lowest BCUT2D eigenvalue weighted by atomic mass is 10.4. The van der Waals surface area contributed by atoms with Crippen molar-refractivity contribution in [3.8, 4) is 0 Å². The van der Waals surface area contributed by atoms with Gasteiger partial charge in [0.2, 0.25) is 10.0 Å². The van der Waals surface area contributed by atoms with E-state index in [4.69, 9.17) is 0 Å². The van der Waals surface area contributed by atoms with Crippen LogP contribution < -0.4 is 4.72 Å². The summed E-state index contributed by atoms with van der Waals surface area (Å²) in [5.41, 5.74) is 0. The molecule has 1 N–H and O–H groups in total. The Morgan fingerprint density at radius 3 is 2.25 bits per heavy atom. The second-order valence-electron chi connectivity index (χ2n) is 2.80. The van der Waals surface area contributed by atoms with Gasteiger partial charge in [0.05, 0.1) is 17.3 Å². The number of sulfone groups is 1. The second-order valence-corrected chi connectivity index (χ2v) is 6.99. The van der Waals surface area contributed by atoms with E-state index in [1.165, 1.54) is 6.92 Å². The van der Waals surface area contributed by atoms with E-state index in [9.17, 15) is 16.8 Å². The van der Waals surface area contributed by atoms with Crippen molar-refractivity contribution in [3.05, 3.63) is 0 Å². The van der Waals surface area contributed by atoms with Gasteiger partial charge in [-0.05, 0) is 6.92 Å². The van der Waals surface area contributed by atoms with Crippen LogP contribution in [0.25, 0.3) is 0 Å². The maximum absolute atomic E-state index is 10.9. The predicted octanol–water partition coefficient (Wildman–Crippen LogP) is -1.28. The first-order valence-corrected chi connectivity index (χ1v) is 7.02. The third-order valence-corrected chi connectivity index (χ3v) is 4.91. The lowest BCUT2D eigenvalue weighted by Gasteiger charge is -2.25. The Morgan fingerprint density at radius 1 is 1.42 bits per heavy atom. The zero-order chi connectivity index (χ0) is 9.41. The summed E-state index contributed by atoms with van der Waals surface area (Å²) in [4.78, 5) is 0. The summed E-state index contributed by atoms with van der Waals surface area (Å²) in [6.45, 7) is 1.51. The summed E-state index contributed by atoms with van der Waals surface area (Å²) >= 11 is 0. The Bertz CT molecular complexity index is 343. The number of hydrogen-bond acceptors (Lipinski definition) is 4.